The van der Waals surface area contributed by atoms with Gasteiger partial charge in [-0.15, -0.1) is 11.3 Å². The summed E-state index contributed by atoms with van der Waals surface area (Å²) in [6.07, 6.45) is 0. The molecule has 4 rings (SSSR count). The molecule has 1 N–H and O–H groups in total. The van der Waals surface area contributed by atoms with Gasteiger partial charge in [-0.3, -0.25) is 0 Å². The Labute approximate surface area is 238 Å². The number of carbonyl (C=O) groups excluding carboxylic acids is 2. The number of ether oxygens (including phenoxy) is 4. The van der Waals surface area contributed by atoms with E-state index in [-0.39, 0.29) is 13.2 Å². The Morgan fingerprint density at radius 1 is 0.850 bits per heavy atom. The minimum atomic E-state index is -0.661. The Bertz CT molecular complexity index is 1460. The van der Waals surface area contributed by atoms with Gasteiger partial charge in [0.05, 0.1) is 50.2 Å². The van der Waals surface area contributed by atoms with Crippen molar-refractivity contribution in [1.29, 1.82) is 0 Å². The first-order chi connectivity index (χ1) is 19.2. The van der Waals surface area contributed by atoms with E-state index < -0.39 is 17.9 Å². The largest absolute Gasteiger partial charge is 0.493 e. The zero-order chi connectivity index (χ0) is 29.0. The number of nitrogens with zero attached hydrogens (tertiary/aromatic N) is 1. The summed E-state index contributed by atoms with van der Waals surface area (Å²) >= 11 is 1.57. The highest BCUT2D eigenvalue weighted by Crippen LogP contribution is 2.42. The zero-order valence-corrected chi connectivity index (χ0v) is 24.7. The van der Waals surface area contributed by atoms with Crippen LogP contribution in [0.25, 0.3) is 21.8 Å². The molecule has 0 amide bonds. The highest BCUT2D eigenvalue weighted by atomic mass is 32.1. The number of benzene rings is 2. The molecule has 0 unspecified atom stereocenters. The summed E-state index contributed by atoms with van der Waals surface area (Å²) in [7, 11) is 3.21. The Hall–Kier alpha value is -4.11. The molecule has 0 radical (unpaired) electrons. The van der Waals surface area contributed by atoms with Crippen LogP contribution in [0.4, 0.5) is 0 Å². The molecule has 2 aromatic carbocycles. The van der Waals surface area contributed by atoms with Gasteiger partial charge < -0.3 is 24.3 Å². The number of thiazole rings is 1. The van der Waals surface area contributed by atoms with Crippen molar-refractivity contribution < 1.29 is 28.5 Å². The molecule has 1 aliphatic heterocycles. The topological polar surface area (TPSA) is 96.0 Å². The minimum Gasteiger partial charge on any atom is -0.493 e. The smallest absolute Gasteiger partial charge is 0.336 e. The fraction of sp³-hybridized carbons (Fsp3) is 0.323. The summed E-state index contributed by atoms with van der Waals surface area (Å²) in [5, 5.41) is 3.99. The second-order valence-corrected chi connectivity index (χ2v) is 10.4. The van der Waals surface area contributed by atoms with E-state index >= 15 is 0 Å². The van der Waals surface area contributed by atoms with Gasteiger partial charge in [0.1, 0.15) is 5.01 Å². The van der Waals surface area contributed by atoms with Gasteiger partial charge in [-0.05, 0) is 64.4 Å². The van der Waals surface area contributed by atoms with Gasteiger partial charge in [0.15, 0.2) is 11.5 Å². The molecule has 1 aliphatic rings. The van der Waals surface area contributed by atoms with Crippen molar-refractivity contribution >= 4 is 23.3 Å². The van der Waals surface area contributed by atoms with Crippen molar-refractivity contribution in [3.8, 4) is 33.3 Å². The van der Waals surface area contributed by atoms with E-state index in [0.717, 1.165) is 32.3 Å². The summed E-state index contributed by atoms with van der Waals surface area (Å²) in [5.74, 6) is -0.332. The number of nitrogens with one attached hydrogen (secondary N) is 1. The molecular weight excluding hydrogens is 528 g/mol. The molecule has 0 aliphatic carbocycles. The number of allylic oxidation sites excluding steroid dienone is 2. The zero-order valence-electron chi connectivity index (χ0n) is 23.8. The number of dihydropyridines is 1. The van der Waals surface area contributed by atoms with Gasteiger partial charge >= 0.3 is 11.9 Å². The summed E-state index contributed by atoms with van der Waals surface area (Å²) in [4.78, 5) is 32.3. The number of hydrogen-bond acceptors (Lipinski definition) is 9. The first kappa shape index (κ1) is 28.9. The average Bonchev–Trinajstić information content (AvgIpc) is 3.33. The number of methoxy groups -OCH3 is 2. The van der Waals surface area contributed by atoms with Crippen LogP contribution in [0.5, 0.6) is 11.5 Å². The quantitative estimate of drug-likeness (QED) is 0.310. The Morgan fingerprint density at radius 2 is 1.48 bits per heavy atom. The van der Waals surface area contributed by atoms with Crippen LogP contribution < -0.4 is 14.8 Å². The minimum absolute atomic E-state index is 0.219. The van der Waals surface area contributed by atoms with E-state index in [1.165, 1.54) is 0 Å². The maximum Gasteiger partial charge on any atom is 0.336 e. The average molecular weight is 563 g/mol. The maximum atomic E-state index is 13.2. The SMILES string of the molecule is CCOC(=O)C1=C(C)NC(C)=C(C(=O)OCC)C1c1cccc(-c2nc(-c3ccc(OC)c(OC)c3)c(C)s2)c1. The van der Waals surface area contributed by atoms with Crippen molar-refractivity contribution in [3.05, 3.63) is 75.4 Å². The molecule has 0 fully saturated rings. The van der Waals surface area contributed by atoms with Crippen LogP contribution in [0.3, 0.4) is 0 Å². The van der Waals surface area contributed by atoms with Crippen LogP contribution >= 0.6 is 11.3 Å². The third kappa shape index (κ3) is 5.60. The number of rotatable bonds is 9. The molecule has 2 heterocycles. The van der Waals surface area contributed by atoms with Crippen LogP contribution in [0, 0.1) is 6.92 Å². The van der Waals surface area contributed by atoms with Gasteiger partial charge in [0.2, 0.25) is 0 Å². The van der Waals surface area contributed by atoms with E-state index in [1.807, 2.05) is 63.2 Å². The van der Waals surface area contributed by atoms with Crippen LogP contribution in [-0.4, -0.2) is 44.4 Å². The molecule has 210 valence electrons. The molecule has 9 heteroatoms. The standard InChI is InChI=1S/C31H34N2O6S/c1-8-38-30(34)25-17(3)32-18(4)26(31(35)39-9-2)27(25)20-11-10-12-22(15-20)29-33-28(19(5)40-29)21-13-14-23(36-6)24(16-21)37-7/h10-16,27,32H,8-9H2,1-7H3. The summed E-state index contributed by atoms with van der Waals surface area (Å²) < 4.78 is 21.7. The lowest BCUT2D eigenvalue weighted by molar-refractivity contribution is -0.139. The lowest BCUT2D eigenvalue weighted by atomic mass is 9.80. The van der Waals surface area contributed by atoms with Crippen molar-refractivity contribution in [2.45, 2.75) is 40.5 Å². The molecular formula is C31H34N2O6S. The predicted molar refractivity (Wildman–Crippen MR) is 155 cm³/mol. The number of esters is 2. The van der Waals surface area contributed by atoms with Crippen LogP contribution in [0.1, 0.15) is 44.1 Å². The third-order valence-electron chi connectivity index (χ3n) is 6.67. The molecule has 1 aromatic heterocycles. The lowest BCUT2D eigenvalue weighted by Gasteiger charge is -2.30. The third-order valence-corrected chi connectivity index (χ3v) is 7.69. The van der Waals surface area contributed by atoms with Gasteiger partial charge in [0.25, 0.3) is 0 Å². The molecule has 0 atom stereocenters. The molecule has 0 spiro atoms. The van der Waals surface area contributed by atoms with Crippen LogP contribution in [0.15, 0.2) is 65.0 Å². The Kier molecular flexibility index (Phi) is 8.94. The number of carbonyl (C=O) groups is 2. The van der Waals surface area contributed by atoms with E-state index in [4.69, 9.17) is 23.9 Å². The van der Waals surface area contributed by atoms with Gasteiger partial charge in [0, 0.05) is 27.4 Å². The predicted octanol–water partition coefficient (Wildman–Crippen LogP) is 6.16. The molecule has 40 heavy (non-hydrogen) atoms. The second-order valence-electron chi connectivity index (χ2n) is 9.20. The van der Waals surface area contributed by atoms with Crippen LogP contribution in [0.2, 0.25) is 0 Å². The monoisotopic (exact) mass is 562 g/mol. The summed E-state index contributed by atoms with van der Waals surface area (Å²) in [6, 6.07) is 13.5. The van der Waals surface area contributed by atoms with E-state index in [1.54, 1.807) is 39.4 Å². The highest BCUT2D eigenvalue weighted by Gasteiger charge is 2.38. The van der Waals surface area contributed by atoms with E-state index in [2.05, 4.69) is 5.32 Å². The Morgan fingerprint density at radius 3 is 2.05 bits per heavy atom. The molecule has 0 bridgehead atoms. The van der Waals surface area contributed by atoms with Gasteiger partial charge in [-0.25, -0.2) is 14.6 Å². The van der Waals surface area contributed by atoms with E-state index in [9.17, 15) is 9.59 Å². The van der Waals surface area contributed by atoms with Crippen molar-refractivity contribution in [3.63, 3.8) is 0 Å². The van der Waals surface area contributed by atoms with Crippen molar-refractivity contribution in [2.24, 2.45) is 0 Å². The molecule has 3 aromatic rings. The first-order valence-corrected chi connectivity index (χ1v) is 13.9. The second kappa shape index (κ2) is 12.4. The summed E-state index contributed by atoms with van der Waals surface area (Å²) in [5.41, 5.74) is 5.45. The fourth-order valence-electron chi connectivity index (χ4n) is 4.91. The molecule has 0 saturated carbocycles. The van der Waals surface area contributed by atoms with Crippen LogP contribution in [-0.2, 0) is 19.1 Å². The highest BCUT2D eigenvalue weighted by molar-refractivity contribution is 7.15. The first-order valence-electron chi connectivity index (χ1n) is 13.1. The fourth-order valence-corrected chi connectivity index (χ4v) is 5.84. The number of hydrogen-bond donors (Lipinski definition) is 1. The molecule has 8 nitrogen and oxygen atoms in total. The maximum absolute atomic E-state index is 13.2. The molecule has 0 saturated heterocycles. The van der Waals surface area contributed by atoms with E-state index in [0.29, 0.717) is 34.0 Å². The number of aryl methyl sites for hydroxylation is 1. The summed E-state index contributed by atoms with van der Waals surface area (Å²) in [6.45, 7) is 9.61. The lowest BCUT2D eigenvalue weighted by Crippen LogP contribution is -2.32. The van der Waals surface area contributed by atoms with Crippen molar-refractivity contribution in [1.82, 2.24) is 10.3 Å². The number of aromatic nitrogens is 1. The van der Waals surface area contributed by atoms with Gasteiger partial charge in [-0.1, -0.05) is 18.2 Å². The van der Waals surface area contributed by atoms with Gasteiger partial charge in [-0.2, -0.15) is 0 Å². The normalized spacial score (nSPS) is 13.7. The Balaban J connectivity index is 1.81. The van der Waals surface area contributed by atoms with Crippen molar-refractivity contribution in [2.75, 3.05) is 27.4 Å².